The normalized spacial score (nSPS) is 16.5. The number of hydrogen-bond donors (Lipinski definition) is 1. The number of rotatable bonds is 5. The number of carbonyl (C=O) groups excluding carboxylic acids is 1. The molecular formula is C21H23N7O. The van der Waals surface area contributed by atoms with Gasteiger partial charge in [-0.1, -0.05) is 6.07 Å². The smallest absolute Gasteiger partial charge is 0.246 e. The number of pyridine rings is 1. The highest BCUT2D eigenvalue weighted by Gasteiger charge is 2.27. The highest BCUT2D eigenvalue weighted by molar-refractivity contribution is 5.91. The molecule has 1 saturated heterocycles. The predicted octanol–water partition coefficient (Wildman–Crippen LogP) is 2.69. The predicted molar refractivity (Wildman–Crippen MR) is 110 cm³/mol. The van der Waals surface area contributed by atoms with Gasteiger partial charge in [0, 0.05) is 56.2 Å². The molecule has 0 saturated carbocycles. The van der Waals surface area contributed by atoms with Crippen molar-refractivity contribution in [3.63, 3.8) is 0 Å². The summed E-state index contributed by atoms with van der Waals surface area (Å²) in [7, 11) is 1.85. The summed E-state index contributed by atoms with van der Waals surface area (Å²) < 4.78 is 1.71. The van der Waals surface area contributed by atoms with Gasteiger partial charge in [-0.3, -0.25) is 9.48 Å². The molecule has 4 heterocycles. The third-order valence-electron chi connectivity index (χ3n) is 4.84. The fourth-order valence-corrected chi connectivity index (χ4v) is 3.43. The van der Waals surface area contributed by atoms with Gasteiger partial charge in [0.1, 0.15) is 17.5 Å². The van der Waals surface area contributed by atoms with Crippen LogP contribution in [0, 0.1) is 6.92 Å². The van der Waals surface area contributed by atoms with Crippen molar-refractivity contribution in [1.82, 2.24) is 29.6 Å². The fraction of sp³-hybridized carbons (Fsp3) is 0.286. The van der Waals surface area contributed by atoms with E-state index in [1.165, 1.54) is 0 Å². The van der Waals surface area contributed by atoms with Crippen molar-refractivity contribution < 1.29 is 4.79 Å². The lowest BCUT2D eigenvalue weighted by Gasteiger charge is -2.15. The van der Waals surface area contributed by atoms with Crippen molar-refractivity contribution in [1.29, 1.82) is 0 Å². The average Bonchev–Trinajstić information content (AvgIpc) is 3.36. The first kappa shape index (κ1) is 18.8. The molecule has 0 aliphatic carbocycles. The summed E-state index contributed by atoms with van der Waals surface area (Å²) in [6.45, 7) is 3.24. The Hall–Kier alpha value is -3.55. The number of anilines is 2. The number of aromatic nitrogens is 5. The molecule has 1 N–H and O–H groups in total. The van der Waals surface area contributed by atoms with Crippen LogP contribution in [-0.2, 0) is 11.8 Å². The molecule has 1 fully saturated rings. The number of nitrogens with zero attached hydrogens (tertiary/aromatic N) is 6. The lowest BCUT2D eigenvalue weighted by molar-refractivity contribution is -0.124. The van der Waals surface area contributed by atoms with Crippen molar-refractivity contribution in [2.24, 2.45) is 7.05 Å². The molecule has 8 nitrogen and oxygen atoms in total. The molecule has 8 heteroatoms. The molecule has 3 aromatic rings. The van der Waals surface area contributed by atoms with Crippen LogP contribution in [0.25, 0.3) is 6.08 Å². The minimum atomic E-state index is 0.00830. The Morgan fingerprint density at radius 1 is 1.28 bits per heavy atom. The van der Waals surface area contributed by atoms with E-state index < -0.39 is 0 Å². The van der Waals surface area contributed by atoms with Crippen LogP contribution in [0.4, 0.5) is 11.6 Å². The van der Waals surface area contributed by atoms with Crippen molar-refractivity contribution >= 4 is 23.6 Å². The molecule has 1 amide bonds. The maximum absolute atomic E-state index is 12.5. The molecule has 1 unspecified atom stereocenters. The SMILES string of the molecule is Cc1nc(Nc2ccccn2)cc(C2CCN(C(=O)/C=C/c3cnn(C)c3)C2)n1. The number of hydrogen-bond acceptors (Lipinski definition) is 6. The number of likely N-dealkylation sites (tertiary alicyclic amines) is 1. The van der Waals surface area contributed by atoms with Crippen LogP contribution in [0.5, 0.6) is 0 Å². The van der Waals surface area contributed by atoms with Gasteiger partial charge in [-0.2, -0.15) is 5.10 Å². The Kier molecular flexibility index (Phi) is 5.33. The summed E-state index contributed by atoms with van der Waals surface area (Å²) in [6.07, 6.45) is 9.63. The second kappa shape index (κ2) is 8.22. The van der Waals surface area contributed by atoms with Gasteiger partial charge in [-0.05, 0) is 31.6 Å². The molecule has 1 aliphatic heterocycles. The second-order valence-electron chi connectivity index (χ2n) is 7.12. The van der Waals surface area contributed by atoms with E-state index in [1.54, 1.807) is 29.2 Å². The largest absolute Gasteiger partial charge is 0.338 e. The minimum absolute atomic E-state index is 0.00830. The Morgan fingerprint density at radius 3 is 2.93 bits per heavy atom. The highest BCUT2D eigenvalue weighted by Crippen LogP contribution is 2.28. The van der Waals surface area contributed by atoms with Gasteiger partial charge >= 0.3 is 0 Å². The fourth-order valence-electron chi connectivity index (χ4n) is 3.43. The van der Waals surface area contributed by atoms with Crippen LogP contribution < -0.4 is 5.32 Å². The first-order chi connectivity index (χ1) is 14.1. The average molecular weight is 389 g/mol. The first-order valence-corrected chi connectivity index (χ1v) is 9.56. The molecule has 0 bridgehead atoms. The van der Waals surface area contributed by atoms with E-state index in [2.05, 4.69) is 25.4 Å². The van der Waals surface area contributed by atoms with Gasteiger partial charge in [0.05, 0.1) is 11.9 Å². The Balaban J connectivity index is 1.43. The van der Waals surface area contributed by atoms with Crippen LogP contribution in [0.15, 0.2) is 48.9 Å². The lowest BCUT2D eigenvalue weighted by atomic mass is 10.0. The number of aryl methyl sites for hydroxylation is 2. The van der Waals surface area contributed by atoms with Gasteiger partial charge in [0.15, 0.2) is 0 Å². The summed E-state index contributed by atoms with van der Waals surface area (Å²) in [5, 5.41) is 7.33. The molecule has 0 radical (unpaired) electrons. The van der Waals surface area contributed by atoms with Crippen molar-refractivity contribution in [2.45, 2.75) is 19.3 Å². The zero-order valence-corrected chi connectivity index (χ0v) is 16.5. The lowest BCUT2D eigenvalue weighted by Crippen LogP contribution is -2.26. The van der Waals surface area contributed by atoms with Gasteiger partial charge < -0.3 is 10.2 Å². The maximum atomic E-state index is 12.5. The van der Waals surface area contributed by atoms with E-state index >= 15 is 0 Å². The number of nitrogens with one attached hydrogen (secondary N) is 1. The van der Waals surface area contributed by atoms with Gasteiger partial charge in [-0.25, -0.2) is 15.0 Å². The molecule has 1 aliphatic rings. The molecule has 4 rings (SSSR count). The van der Waals surface area contributed by atoms with E-state index in [0.29, 0.717) is 24.7 Å². The molecular weight excluding hydrogens is 366 g/mol. The monoisotopic (exact) mass is 389 g/mol. The van der Waals surface area contributed by atoms with E-state index in [-0.39, 0.29) is 11.8 Å². The van der Waals surface area contributed by atoms with Crippen molar-refractivity contribution in [2.75, 3.05) is 18.4 Å². The van der Waals surface area contributed by atoms with Crippen LogP contribution in [-0.4, -0.2) is 48.6 Å². The minimum Gasteiger partial charge on any atom is -0.338 e. The molecule has 0 aromatic carbocycles. The molecule has 148 valence electrons. The van der Waals surface area contributed by atoms with Crippen LogP contribution >= 0.6 is 0 Å². The van der Waals surface area contributed by atoms with Crippen molar-refractivity contribution in [3.05, 3.63) is 66.0 Å². The Morgan fingerprint density at radius 2 is 2.17 bits per heavy atom. The topological polar surface area (TPSA) is 88.8 Å². The number of amides is 1. The third-order valence-corrected chi connectivity index (χ3v) is 4.84. The molecule has 29 heavy (non-hydrogen) atoms. The van der Waals surface area contributed by atoms with Crippen LogP contribution in [0.3, 0.4) is 0 Å². The first-order valence-electron chi connectivity index (χ1n) is 9.56. The summed E-state index contributed by atoms with van der Waals surface area (Å²) in [5.41, 5.74) is 1.86. The standard InChI is InChI=1S/C21H23N7O/c1-15-24-18(11-20(25-15)26-19-5-3-4-9-22-19)17-8-10-28(14-17)21(29)7-6-16-12-23-27(2)13-16/h3-7,9,11-13,17H,8,10,14H2,1-2H3,(H,22,24,25,26)/b7-6+. The summed E-state index contributed by atoms with van der Waals surface area (Å²) >= 11 is 0. The van der Waals surface area contributed by atoms with Crippen LogP contribution in [0.2, 0.25) is 0 Å². The summed E-state index contributed by atoms with van der Waals surface area (Å²) in [5.74, 6) is 2.35. The van der Waals surface area contributed by atoms with E-state index in [9.17, 15) is 4.79 Å². The Bertz CT molecular complexity index is 1030. The highest BCUT2D eigenvalue weighted by atomic mass is 16.2. The zero-order chi connectivity index (χ0) is 20.2. The summed E-state index contributed by atoms with van der Waals surface area (Å²) in [6, 6.07) is 7.63. The van der Waals surface area contributed by atoms with E-state index in [1.807, 2.05) is 49.3 Å². The molecule has 1 atom stereocenters. The molecule has 3 aromatic heterocycles. The number of carbonyl (C=O) groups is 1. The maximum Gasteiger partial charge on any atom is 0.246 e. The van der Waals surface area contributed by atoms with Crippen LogP contribution in [0.1, 0.15) is 29.4 Å². The molecule has 0 spiro atoms. The van der Waals surface area contributed by atoms with E-state index in [0.717, 1.165) is 23.5 Å². The van der Waals surface area contributed by atoms with E-state index in [4.69, 9.17) is 0 Å². The summed E-state index contributed by atoms with van der Waals surface area (Å²) in [4.78, 5) is 27.7. The quantitative estimate of drug-likeness (QED) is 0.675. The third kappa shape index (κ3) is 4.66. The second-order valence-corrected chi connectivity index (χ2v) is 7.12. The zero-order valence-electron chi connectivity index (χ0n) is 16.5. The van der Waals surface area contributed by atoms with Gasteiger partial charge in [0.2, 0.25) is 5.91 Å². The van der Waals surface area contributed by atoms with Gasteiger partial charge in [-0.15, -0.1) is 0 Å². The Labute approximate surface area is 169 Å². The van der Waals surface area contributed by atoms with Gasteiger partial charge in [0.25, 0.3) is 0 Å². The van der Waals surface area contributed by atoms with Crippen molar-refractivity contribution in [3.8, 4) is 0 Å².